The fraction of sp³-hybridized carbons (Fsp3) is 0.306. The molecule has 0 spiro atoms. The minimum absolute atomic E-state index is 0.00718. The number of hydrogen-bond donors (Lipinski definition) is 5. The van der Waals surface area contributed by atoms with Gasteiger partial charge in [0, 0.05) is 13.1 Å². The minimum atomic E-state index is -0.714. The summed E-state index contributed by atoms with van der Waals surface area (Å²) >= 11 is 0. The number of aliphatic imine (C=N–C) groups is 1. The number of guanidine groups is 1. The first-order chi connectivity index (χ1) is 21.5. The van der Waals surface area contributed by atoms with Crippen molar-refractivity contribution in [1.82, 2.24) is 16.0 Å². The van der Waals surface area contributed by atoms with Crippen LogP contribution in [0, 0.1) is 0 Å². The van der Waals surface area contributed by atoms with E-state index in [1.165, 1.54) is 21.9 Å². The summed E-state index contributed by atoms with van der Waals surface area (Å²) in [6, 6.07) is 33.4. The first kappa shape index (κ1) is 32.2. The molecule has 0 aliphatic carbocycles. The standard InChI is InChI=1S/C36H44N6O2/c37-36(38)41-24-11-21-32(34(43)40-25-22-30-19-9-18-29-17-7-8-20-31(29)30)42-35(44)33(26-28-14-5-2-6-15-28)39-23-10-16-27-12-3-1-4-13-27/h1-9,12-15,17-20,32-33,39H,10-11,16,21-26H2,(H,40,43)(H,42,44)(H4,37,38,41)/t32-,33+/m0/s1. The van der Waals surface area contributed by atoms with Crippen LogP contribution in [0.2, 0.25) is 0 Å². The molecule has 0 unspecified atom stereocenters. The number of nitrogens with two attached hydrogens (primary N) is 2. The van der Waals surface area contributed by atoms with Gasteiger partial charge in [0.25, 0.3) is 0 Å². The number of carbonyl (C=O) groups is 2. The van der Waals surface area contributed by atoms with Gasteiger partial charge in [-0.3, -0.25) is 14.6 Å². The second-order valence-electron chi connectivity index (χ2n) is 11.0. The molecule has 0 saturated carbocycles. The summed E-state index contributed by atoms with van der Waals surface area (Å²) in [4.78, 5) is 31.2. The Labute approximate surface area is 260 Å². The van der Waals surface area contributed by atoms with Gasteiger partial charge >= 0.3 is 0 Å². The Balaban J connectivity index is 1.39. The van der Waals surface area contributed by atoms with Crippen molar-refractivity contribution in [3.8, 4) is 0 Å². The maximum Gasteiger partial charge on any atom is 0.242 e. The monoisotopic (exact) mass is 592 g/mol. The number of benzene rings is 4. The molecule has 0 saturated heterocycles. The van der Waals surface area contributed by atoms with E-state index in [2.05, 4.69) is 57.3 Å². The number of hydrogen-bond acceptors (Lipinski definition) is 4. The Bertz CT molecular complexity index is 1480. The maximum atomic E-state index is 13.7. The number of nitrogens with one attached hydrogen (secondary N) is 3. The van der Waals surface area contributed by atoms with Crippen molar-refractivity contribution in [2.24, 2.45) is 16.5 Å². The van der Waals surface area contributed by atoms with Crippen molar-refractivity contribution >= 4 is 28.5 Å². The molecule has 0 radical (unpaired) electrons. The van der Waals surface area contributed by atoms with Crippen LogP contribution in [0.25, 0.3) is 10.8 Å². The number of amides is 2. The van der Waals surface area contributed by atoms with Gasteiger partial charge in [-0.2, -0.15) is 0 Å². The summed E-state index contributed by atoms with van der Waals surface area (Å²) in [5.74, 6) is -0.414. The molecule has 2 atom stereocenters. The number of carbonyl (C=O) groups excluding carboxylic acids is 2. The van der Waals surface area contributed by atoms with Gasteiger partial charge in [0.15, 0.2) is 5.96 Å². The molecule has 0 aliphatic rings. The van der Waals surface area contributed by atoms with Crippen molar-refractivity contribution in [1.29, 1.82) is 0 Å². The molecule has 0 bridgehead atoms. The van der Waals surface area contributed by atoms with Gasteiger partial charge in [-0.25, -0.2) is 0 Å². The number of fused-ring (bicyclic) bond motifs is 1. The van der Waals surface area contributed by atoms with Crippen LogP contribution >= 0.6 is 0 Å². The lowest BCUT2D eigenvalue weighted by Gasteiger charge is -2.23. The Kier molecular flexibility index (Phi) is 12.8. The number of nitrogens with zero attached hydrogens (tertiary/aromatic N) is 1. The van der Waals surface area contributed by atoms with E-state index in [1.807, 2.05) is 66.7 Å². The highest BCUT2D eigenvalue weighted by atomic mass is 16.2. The molecule has 4 aromatic carbocycles. The second kappa shape index (κ2) is 17.4. The fourth-order valence-corrected chi connectivity index (χ4v) is 5.32. The third kappa shape index (κ3) is 10.5. The van der Waals surface area contributed by atoms with Gasteiger partial charge in [0.2, 0.25) is 11.8 Å². The lowest BCUT2D eigenvalue weighted by Crippen LogP contribution is -2.53. The first-order valence-corrected chi connectivity index (χ1v) is 15.4. The fourth-order valence-electron chi connectivity index (χ4n) is 5.32. The van der Waals surface area contributed by atoms with E-state index in [4.69, 9.17) is 11.5 Å². The summed E-state index contributed by atoms with van der Waals surface area (Å²) in [5.41, 5.74) is 14.5. The molecule has 7 N–H and O–H groups in total. The van der Waals surface area contributed by atoms with Crippen LogP contribution in [0.3, 0.4) is 0 Å². The van der Waals surface area contributed by atoms with Crippen LogP contribution in [0.4, 0.5) is 0 Å². The third-order valence-corrected chi connectivity index (χ3v) is 7.63. The zero-order valence-electron chi connectivity index (χ0n) is 25.3. The summed E-state index contributed by atoms with van der Waals surface area (Å²) in [6.07, 6.45) is 3.96. The Morgan fingerprint density at radius 2 is 1.36 bits per heavy atom. The molecular formula is C36H44N6O2. The molecule has 0 fully saturated rings. The Morgan fingerprint density at radius 1 is 0.682 bits per heavy atom. The van der Waals surface area contributed by atoms with Crippen molar-refractivity contribution in [2.75, 3.05) is 19.6 Å². The van der Waals surface area contributed by atoms with Crippen LogP contribution in [0.1, 0.15) is 36.0 Å². The largest absolute Gasteiger partial charge is 0.370 e. The van der Waals surface area contributed by atoms with Gasteiger partial charge < -0.3 is 27.4 Å². The van der Waals surface area contributed by atoms with E-state index in [0.29, 0.717) is 45.3 Å². The minimum Gasteiger partial charge on any atom is -0.370 e. The Morgan fingerprint density at radius 3 is 2.11 bits per heavy atom. The SMILES string of the molecule is NC(N)=NCCC[C@H](NC(=O)[C@@H](Cc1ccccc1)NCCCc1ccccc1)C(=O)NCCc1cccc2ccccc12. The molecule has 4 rings (SSSR count). The summed E-state index contributed by atoms with van der Waals surface area (Å²) in [7, 11) is 0. The molecule has 0 aliphatic heterocycles. The van der Waals surface area contributed by atoms with Crippen LogP contribution in [0.5, 0.6) is 0 Å². The molecule has 2 amide bonds. The molecule has 8 nitrogen and oxygen atoms in total. The molecule has 4 aromatic rings. The molecule has 8 heteroatoms. The molecule has 0 aromatic heterocycles. The van der Waals surface area contributed by atoms with Gasteiger partial charge in [0.1, 0.15) is 6.04 Å². The van der Waals surface area contributed by atoms with Crippen LogP contribution in [-0.2, 0) is 28.9 Å². The molecule has 44 heavy (non-hydrogen) atoms. The molecule has 230 valence electrons. The summed E-state index contributed by atoms with van der Waals surface area (Å²) in [6.45, 7) is 1.51. The highest BCUT2D eigenvalue weighted by molar-refractivity contribution is 5.90. The van der Waals surface area contributed by atoms with Crippen LogP contribution < -0.4 is 27.4 Å². The van der Waals surface area contributed by atoms with E-state index in [0.717, 1.165) is 18.4 Å². The van der Waals surface area contributed by atoms with Gasteiger partial charge in [0.05, 0.1) is 6.04 Å². The number of aryl methyl sites for hydroxylation is 1. The van der Waals surface area contributed by atoms with Gasteiger partial charge in [-0.1, -0.05) is 103 Å². The summed E-state index contributed by atoms with van der Waals surface area (Å²) < 4.78 is 0. The van der Waals surface area contributed by atoms with Crippen molar-refractivity contribution in [3.05, 3.63) is 120 Å². The van der Waals surface area contributed by atoms with Crippen LogP contribution in [0.15, 0.2) is 108 Å². The lowest BCUT2D eigenvalue weighted by molar-refractivity contribution is -0.130. The van der Waals surface area contributed by atoms with Gasteiger partial charge in [-0.05, 0) is 72.5 Å². The topological polar surface area (TPSA) is 135 Å². The zero-order valence-corrected chi connectivity index (χ0v) is 25.3. The lowest BCUT2D eigenvalue weighted by atomic mass is 10.0. The average molecular weight is 593 g/mol. The Hall–Kier alpha value is -4.69. The second-order valence-corrected chi connectivity index (χ2v) is 11.0. The summed E-state index contributed by atoms with van der Waals surface area (Å²) in [5, 5.41) is 11.9. The van der Waals surface area contributed by atoms with Crippen molar-refractivity contribution < 1.29 is 9.59 Å². The predicted molar refractivity (Wildman–Crippen MR) is 179 cm³/mol. The zero-order chi connectivity index (χ0) is 31.0. The molecular weight excluding hydrogens is 548 g/mol. The van der Waals surface area contributed by atoms with E-state index in [1.54, 1.807) is 0 Å². The normalized spacial score (nSPS) is 12.3. The van der Waals surface area contributed by atoms with E-state index < -0.39 is 12.1 Å². The smallest absolute Gasteiger partial charge is 0.242 e. The average Bonchev–Trinajstić information content (AvgIpc) is 3.04. The highest BCUT2D eigenvalue weighted by Gasteiger charge is 2.25. The van der Waals surface area contributed by atoms with Gasteiger partial charge in [-0.15, -0.1) is 0 Å². The highest BCUT2D eigenvalue weighted by Crippen LogP contribution is 2.18. The van der Waals surface area contributed by atoms with Crippen molar-refractivity contribution in [2.45, 2.75) is 50.6 Å². The van der Waals surface area contributed by atoms with Crippen molar-refractivity contribution in [3.63, 3.8) is 0 Å². The van der Waals surface area contributed by atoms with E-state index in [-0.39, 0.29) is 17.8 Å². The van der Waals surface area contributed by atoms with E-state index >= 15 is 0 Å². The van der Waals surface area contributed by atoms with Crippen LogP contribution in [-0.4, -0.2) is 49.5 Å². The van der Waals surface area contributed by atoms with E-state index in [9.17, 15) is 9.59 Å². The quantitative estimate of drug-likeness (QED) is 0.0721. The number of rotatable bonds is 17. The predicted octanol–water partition coefficient (Wildman–Crippen LogP) is 3.87. The maximum absolute atomic E-state index is 13.7. The molecule has 0 heterocycles. The third-order valence-electron chi connectivity index (χ3n) is 7.63. The first-order valence-electron chi connectivity index (χ1n) is 15.4.